The van der Waals surface area contributed by atoms with E-state index in [-0.39, 0.29) is 15.9 Å². The van der Waals surface area contributed by atoms with E-state index in [0.717, 1.165) is 0 Å². The van der Waals surface area contributed by atoms with Gasteiger partial charge in [0.1, 0.15) is 10.3 Å². The van der Waals surface area contributed by atoms with Gasteiger partial charge in [-0.15, -0.1) is 0 Å². The zero-order chi connectivity index (χ0) is 11.1. The molecule has 0 aliphatic carbocycles. The van der Waals surface area contributed by atoms with Gasteiger partial charge in [-0.05, 0) is 12.1 Å². The molecule has 0 spiro atoms. The fraction of sp³-hybridized carbons (Fsp3) is 0.333. The predicted octanol–water partition coefficient (Wildman–Crippen LogP) is 3.20. The Morgan fingerprint density at radius 1 is 1.36 bits per heavy atom. The van der Waals surface area contributed by atoms with Crippen LogP contribution in [-0.4, -0.2) is 18.1 Å². The predicted molar refractivity (Wildman–Crippen MR) is 56.9 cm³/mol. The van der Waals surface area contributed by atoms with E-state index in [2.05, 4.69) is 9.72 Å². The van der Waals surface area contributed by atoms with Crippen molar-refractivity contribution in [1.82, 2.24) is 4.98 Å². The summed E-state index contributed by atoms with van der Waals surface area (Å²) < 4.78 is 4.45. The highest BCUT2D eigenvalue weighted by Crippen LogP contribution is 2.16. The third kappa shape index (κ3) is 3.52. The second kappa shape index (κ2) is 6.62. The summed E-state index contributed by atoms with van der Waals surface area (Å²) in [6.45, 7) is 4.00. The number of methoxy groups -OCH3 is 1. The van der Waals surface area contributed by atoms with Gasteiger partial charge >= 0.3 is 5.97 Å². The highest BCUT2D eigenvalue weighted by Gasteiger charge is 2.11. The molecular weight excluding hydrogens is 225 g/mol. The molecule has 0 atom stereocenters. The number of carbonyl (C=O) groups excluding carboxylic acids is 1. The Balaban J connectivity index is 0.000000791. The van der Waals surface area contributed by atoms with E-state index in [4.69, 9.17) is 23.2 Å². The van der Waals surface area contributed by atoms with Gasteiger partial charge in [0.15, 0.2) is 0 Å². The van der Waals surface area contributed by atoms with Crippen molar-refractivity contribution in [3.8, 4) is 0 Å². The fourth-order valence-corrected chi connectivity index (χ4v) is 1.10. The molecule has 0 unspecified atom stereocenters. The molecule has 1 rings (SSSR count). The lowest BCUT2D eigenvalue weighted by molar-refractivity contribution is 0.0600. The minimum atomic E-state index is -0.524. The number of ether oxygens (including phenoxy) is 1. The van der Waals surface area contributed by atoms with Crippen molar-refractivity contribution >= 4 is 29.2 Å². The highest BCUT2D eigenvalue weighted by atomic mass is 35.5. The van der Waals surface area contributed by atoms with Crippen LogP contribution in [0.15, 0.2) is 12.1 Å². The van der Waals surface area contributed by atoms with Gasteiger partial charge < -0.3 is 4.74 Å². The molecule has 0 fully saturated rings. The van der Waals surface area contributed by atoms with Gasteiger partial charge in [-0.3, -0.25) is 0 Å². The molecule has 0 N–H and O–H groups in total. The van der Waals surface area contributed by atoms with E-state index >= 15 is 0 Å². The number of rotatable bonds is 1. The summed E-state index contributed by atoms with van der Waals surface area (Å²) in [5, 5.41) is 0.294. The van der Waals surface area contributed by atoms with Crippen LogP contribution in [0.1, 0.15) is 24.2 Å². The zero-order valence-corrected chi connectivity index (χ0v) is 9.69. The second-order valence-corrected chi connectivity index (χ2v) is 2.71. The van der Waals surface area contributed by atoms with Crippen molar-refractivity contribution in [3.63, 3.8) is 0 Å². The van der Waals surface area contributed by atoms with E-state index in [0.29, 0.717) is 0 Å². The highest BCUT2D eigenvalue weighted by molar-refractivity contribution is 6.34. The number of pyridine rings is 1. The summed E-state index contributed by atoms with van der Waals surface area (Å²) in [6.07, 6.45) is 0. The van der Waals surface area contributed by atoms with Gasteiger partial charge in [0, 0.05) is 0 Å². The minimum absolute atomic E-state index is 0.0503. The van der Waals surface area contributed by atoms with Gasteiger partial charge in [0.2, 0.25) is 0 Å². The van der Waals surface area contributed by atoms with Gasteiger partial charge in [-0.2, -0.15) is 0 Å². The van der Waals surface area contributed by atoms with Crippen molar-refractivity contribution in [2.45, 2.75) is 13.8 Å². The normalized spacial score (nSPS) is 8.64. The first-order chi connectivity index (χ1) is 6.65. The SMILES string of the molecule is CC.COC(=O)c1ccc(Cl)nc1Cl. The van der Waals surface area contributed by atoms with Gasteiger partial charge in [0.25, 0.3) is 0 Å². The zero-order valence-electron chi connectivity index (χ0n) is 8.17. The van der Waals surface area contributed by atoms with Gasteiger partial charge in [0.05, 0.1) is 12.7 Å². The van der Waals surface area contributed by atoms with Crippen LogP contribution in [0.25, 0.3) is 0 Å². The molecular formula is C9H11Cl2NO2. The molecule has 3 nitrogen and oxygen atoms in total. The van der Waals surface area contributed by atoms with Crippen LogP contribution >= 0.6 is 23.2 Å². The largest absolute Gasteiger partial charge is 0.465 e. The van der Waals surface area contributed by atoms with E-state index in [1.54, 1.807) is 0 Å². The number of hydrogen-bond acceptors (Lipinski definition) is 3. The molecule has 0 amide bonds. The molecule has 0 saturated carbocycles. The monoisotopic (exact) mass is 235 g/mol. The maximum absolute atomic E-state index is 11.0. The first-order valence-corrected chi connectivity index (χ1v) is 4.81. The quantitative estimate of drug-likeness (QED) is 0.555. The lowest BCUT2D eigenvalue weighted by Crippen LogP contribution is -2.02. The number of carbonyl (C=O) groups is 1. The number of aromatic nitrogens is 1. The molecule has 0 radical (unpaired) electrons. The van der Waals surface area contributed by atoms with Crippen LogP contribution in [0.2, 0.25) is 10.3 Å². The van der Waals surface area contributed by atoms with Crippen molar-refractivity contribution in [1.29, 1.82) is 0 Å². The maximum atomic E-state index is 11.0. The molecule has 0 aliphatic rings. The van der Waals surface area contributed by atoms with Crippen molar-refractivity contribution in [2.24, 2.45) is 0 Å². The first-order valence-electron chi connectivity index (χ1n) is 4.05. The van der Waals surface area contributed by atoms with Gasteiger partial charge in [-0.1, -0.05) is 37.0 Å². The molecule has 14 heavy (non-hydrogen) atoms. The van der Waals surface area contributed by atoms with E-state index in [9.17, 15) is 4.79 Å². The van der Waals surface area contributed by atoms with E-state index in [1.165, 1.54) is 19.2 Å². The molecule has 0 bridgehead atoms. The van der Waals surface area contributed by atoms with Crippen LogP contribution in [-0.2, 0) is 4.74 Å². The molecule has 78 valence electrons. The van der Waals surface area contributed by atoms with Crippen LogP contribution in [0.3, 0.4) is 0 Å². The first kappa shape index (κ1) is 13.2. The molecule has 1 heterocycles. The average molecular weight is 236 g/mol. The molecule has 0 aromatic carbocycles. The number of esters is 1. The Morgan fingerprint density at radius 2 is 1.93 bits per heavy atom. The van der Waals surface area contributed by atoms with Crippen LogP contribution in [0.5, 0.6) is 0 Å². The Bertz CT molecular complexity index is 316. The van der Waals surface area contributed by atoms with Crippen LogP contribution in [0.4, 0.5) is 0 Å². The second-order valence-electron chi connectivity index (χ2n) is 1.96. The van der Waals surface area contributed by atoms with Crippen LogP contribution in [0, 0.1) is 0 Å². The fourth-order valence-electron chi connectivity index (χ4n) is 0.674. The summed E-state index contributed by atoms with van der Waals surface area (Å²) in [6, 6.07) is 2.93. The van der Waals surface area contributed by atoms with E-state index in [1.807, 2.05) is 13.8 Å². The smallest absolute Gasteiger partial charge is 0.341 e. The maximum Gasteiger partial charge on any atom is 0.341 e. The third-order valence-electron chi connectivity index (χ3n) is 1.22. The van der Waals surface area contributed by atoms with Gasteiger partial charge in [-0.25, -0.2) is 9.78 Å². The summed E-state index contributed by atoms with van der Waals surface area (Å²) in [5.74, 6) is -0.524. The Hall–Kier alpha value is -0.800. The molecule has 1 aromatic rings. The minimum Gasteiger partial charge on any atom is -0.465 e. The average Bonchev–Trinajstić information content (AvgIpc) is 2.20. The summed E-state index contributed by atoms with van der Waals surface area (Å²) in [4.78, 5) is 14.6. The summed E-state index contributed by atoms with van der Waals surface area (Å²) in [7, 11) is 1.27. The van der Waals surface area contributed by atoms with Crippen LogP contribution < -0.4 is 0 Å². The standard InChI is InChI=1S/C7H5Cl2NO2.C2H6/c1-12-7(11)4-2-3-5(8)10-6(4)9;1-2/h2-3H,1H3;1-2H3. The number of halogens is 2. The molecule has 1 aromatic heterocycles. The van der Waals surface area contributed by atoms with E-state index < -0.39 is 5.97 Å². The lowest BCUT2D eigenvalue weighted by Gasteiger charge is -2.00. The van der Waals surface area contributed by atoms with Crippen molar-refractivity contribution < 1.29 is 9.53 Å². The summed E-state index contributed by atoms with van der Waals surface area (Å²) >= 11 is 11.1. The molecule has 0 saturated heterocycles. The Kier molecular flexibility index (Phi) is 6.25. The summed E-state index contributed by atoms with van der Waals surface area (Å²) in [5.41, 5.74) is 0.212. The topological polar surface area (TPSA) is 39.2 Å². The third-order valence-corrected chi connectivity index (χ3v) is 1.72. The Labute approximate surface area is 93.0 Å². The van der Waals surface area contributed by atoms with Crippen molar-refractivity contribution in [3.05, 3.63) is 28.0 Å². The lowest BCUT2D eigenvalue weighted by atomic mass is 10.3. The molecule has 5 heteroatoms. The number of hydrogen-bond donors (Lipinski definition) is 0. The Morgan fingerprint density at radius 3 is 2.36 bits per heavy atom. The van der Waals surface area contributed by atoms with Crippen molar-refractivity contribution in [2.75, 3.05) is 7.11 Å². The molecule has 0 aliphatic heterocycles. The number of nitrogens with zero attached hydrogens (tertiary/aromatic N) is 1.